The van der Waals surface area contributed by atoms with Gasteiger partial charge in [-0.05, 0) is 80.3 Å². The highest BCUT2D eigenvalue weighted by Gasteiger charge is 2.41. The number of phenolic OH excluding ortho intramolecular Hbond substituents is 1. The Labute approximate surface area is 172 Å². The summed E-state index contributed by atoms with van der Waals surface area (Å²) in [5.41, 5.74) is 3.05. The van der Waals surface area contributed by atoms with E-state index in [0.29, 0.717) is 5.92 Å². The number of aromatic hydroxyl groups is 1. The molecule has 0 spiro atoms. The van der Waals surface area contributed by atoms with Crippen molar-refractivity contribution in [3.05, 3.63) is 53.1 Å². The van der Waals surface area contributed by atoms with Gasteiger partial charge in [0.2, 0.25) is 0 Å². The molecule has 0 aromatic heterocycles. The van der Waals surface area contributed by atoms with Crippen LogP contribution < -0.4 is 4.31 Å². The van der Waals surface area contributed by atoms with E-state index in [9.17, 15) is 18.3 Å². The molecule has 1 aliphatic heterocycles. The van der Waals surface area contributed by atoms with Crippen LogP contribution >= 0.6 is 0 Å². The van der Waals surface area contributed by atoms with Crippen LogP contribution in [0.4, 0.5) is 5.69 Å². The number of sulfonamides is 1. The van der Waals surface area contributed by atoms with Crippen molar-refractivity contribution >= 4 is 21.5 Å². The zero-order valence-corrected chi connectivity index (χ0v) is 17.7. The molecule has 1 aliphatic carbocycles. The van der Waals surface area contributed by atoms with E-state index in [1.807, 2.05) is 12.1 Å². The highest BCUT2D eigenvalue weighted by Crippen LogP contribution is 2.43. The minimum Gasteiger partial charge on any atom is -0.507 e. The van der Waals surface area contributed by atoms with Crippen molar-refractivity contribution in [2.24, 2.45) is 5.92 Å². The van der Waals surface area contributed by atoms with Crippen molar-refractivity contribution in [2.45, 2.75) is 63.3 Å². The molecule has 6 heteroatoms. The average molecular weight is 414 g/mol. The molecule has 1 saturated carbocycles. The zero-order valence-electron chi connectivity index (χ0n) is 16.9. The number of rotatable bonds is 5. The molecule has 1 unspecified atom stereocenters. The second-order valence-electron chi connectivity index (χ2n) is 8.15. The Morgan fingerprint density at radius 3 is 2.52 bits per heavy atom. The summed E-state index contributed by atoms with van der Waals surface area (Å²) in [4.78, 5) is 11.9. The van der Waals surface area contributed by atoms with E-state index in [4.69, 9.17) is 0 Å². The summed E-state index contributed by atoms with van der Waals surface area (Å²) in [6.45, 7) is 3.42. The van der Waals surface area contributed by atoms with Gasteiger partial charge in [0.25, 0.3) is 10.0 Å². The van der Waals surface area contributed by atoms with Crippen molar-refractivity contribution in [2.75, 3.05) is 4.31 Å². The minimum absolute atomic E-state index is 0.0323. The third-order valence-electron chi connectivity index (χ3n) is 6.40. The van der Waals surface area contributed by atoms with Gasteiger partial charge in [-0.1, -0.05) is 25.5 Å². The maximum absolute atomic E-state index is 13.8. The van der Waals surface area contributed by atoms with Gasteiger partial charge >= 0.3 is 0 Å². The molecular weight excluding hydrogens is 386 g/mol. The standard InChI is InChI=1S/C23H27NO4S/c1-3-16-7-10-22-18(13-16)8-11-21(17-5-4-6-17)24(22)29(27,28)19-9-12-23(26)20(14-19)15(2)25/h7,9-10,12-14,17,21,26H,3-6,8,11H2,1-2H3. The molecule has 0 saturated heterocycles. The SMILES string of the molecule is CCc1ccc2c(c1)CCC(C1CCC1)N2S(=O)(=O)c1ccc(O)c(C(C)=O)c1. The van der Waals surface area contributed by atoms with Gasteiger partial charge in [0.1, 0.15) is 5.75 Å². The van der Waals surface area contributed by atoms with Gasteiger partial charge in [-0.3, -0.25) is 9.10 Å². The van der Waals surface area contributed by atoms with E-state index in [1.165, 1.54) is 30.7 Å². The Bertz CT molecular complexity index is 1060. The number of carbonyl (C=O) groups is 1. The molecule has 0 radical (unpaired) electrons. The predicted octanol–water partition coefficient (Wildman–Crippen LogP) is 4.47. The van der Waals surface area contributed by atoms with Crippen molar-refractivity contribution in [3.63, 3.8) is 0 Å². The van der Waals surface area contributed by atoms with Gasteiger partial charge in [-0.2, -0.15) is 0 Å². The lowest BCUT2D eigenvalue weighted by atomic mass is 9.76. The van der Waals surface area contributed by atoms with Crippen molar-refractivity contribution < 1.29 is 18.3 Å². The number of aryl methyl sites for hydroxylation is 2. The van der Waals surface area contributed by atoms with Crippen LogP contribution in [-0.4, -0.2) is 25.3 Å². The molecule has 154 valence electrons. The van der Waals surface area contributed by atoms with E-state index in [-0.39, 0.29) is 28.0 Å². The van der Waals surface area contributed by atoms with E-state index in [1.54, 1.807) is 4.31 Å². The van der Waals surface area contributed by atoms with Crippen molar-refractivity contribution in [1.82, 2.24) is 0 Å². The zero-order chi connectivity index (χ0) is 20.8. The molecular formula is C23H27NO4S. The molecule has 1 atom stereocenters. The molecule has 1 fully saturated rings. The number of hydrogen-bond acceptors (Lipinski definition) is 4. The van der Waals surface area contributed by atoms with Crippen molar-refractivity contribution in [3.8, 4) is 5.75 Å². The van der Waals surface area contributed by atoms with Crippen LogP contribution in [0, 0.1) is 5.92 Å². The number of Topliss-reactive ketones (excluding diaryl/α,β-unsaturated/α-hetero) is 1. The first-order chi connectivity index (χ1) is 13.8. The molecule has 5 nitrogen and oxygen atoms in total. The number of fused-ring (bicyclic) bond motifs is 1. The summed E-state index contributed by atoms with van der Waals surface area (Å²) in [6, 6.07) is 9.98. The van der Waals surface area contributed by atoms with Crippen LogP contribution in [0.15, 0.2) is 41.3 Å². The van der Waals surface area contributed by atoms with E-state index in [2.05, 4.69) is 13.0 Å². The minimum atomic E-state index is -3.87. The Kier molecular flexibility index (Phi) is 5.15. The van der Waals surface area contributed by atoms with E-state index >= 15 is 0 Å². The Morgan fingerprint density at radius 2 is 1.90 bits per heavy atom. The fourth-order valence-corrected chi connectivity index (χ4v) is 6.31. The molecule has 2 aromatic rings. The lowest BCUT2D eigenvalue weighted by Crippen LogP contribution is -2.49. The number of anilines is 1. The first-order valence-electron chi connectivity index (χ1n) is 10.3. The van der Waals surface area contributed by atoms with E-state index < -0.39 is 10.0 Å². The average Bonchev–Trinajstić information content (AvgIpc) is 2.65. The third kappa shape index (κ3) is 3.44. The fourth-order valence-electron chi connectivity index (χ4n) is 4.50. The van der Waals surface area contributed by atoms with Crippen molar-refractivity contribution in [1.29, 1.82) is 0 Å². The normalized spacial score (nSPS) is 19.5. The molecule has 1 N–H and O–H groups in total. The molecule has 2 aliphatic rings. The number of ketones is 1. The Balaban J connectivity index is 1.85. The lowest BCUT2D eigenvalue weighted by Gasteiger charge is -2.45. The summed E-state index contributed by atoms with van der Waals surface area (Å²) >= 11 is 0. The quantitative estimate of drug-likeness (QED) is 0.734. The summed E-state index contributed by atoms with van der Waals surface area (Å²) in [5, 5.41) is 9.96. The van der Waals surface area contributed by atoms with Gasteiger partial charge in [-0.15, -0.1) is 0 Å². The smallest absolute Gasteiger partial charge is 0.264 e. The molecule has 1 heterocycles. The van der Waals surface area contributed by atoms with Crippen LogP contribution in [0.2, 0.25) is 0 Å². The van der Waals surface area contributed by atoms with Gasteiger partial charge in [0.05, 0.1) is 16.1 Å². The second kappa shape index (κ2) is 7.48. The van der Waals surface area contributed by atoms with Gasteiger partial charge in [0.15, 0.2) is 5.78 Å². The summed E-state index contributed by atoms with van der Waals surface area (Å²) in [6.07, 6.45) is 5.84. The third-order valence-corrected chi connectivity index (χ3v) is 8.23. The molecule has 29 heavy (non-hydrogen) atoms. The van der Waals surface area contributed by atoms with Crippen LogP contribution in [0.1, 0.15) is 61.0 Å². The first kappa shape index (κ1) is 20.0. The predicted molar refractivity (Wildman–Crippen MR) is 113 cm³/mol. The topological polar surface area (TPSA) is 74.7 Å². The Hall–Kier alpha value is -2.34. The van der Waals surface area contributed by atoms with Gasteiger partial charge in [0, 0.05) is 6.04 Å². The van der Waals surface area contributed by atoms with Gasteiger partial charge < -0.3 is 5.11 Å². The highest BCUT2D eigenvalue weighted by atomic mass is 32.2. The van der Waals surface area contributed by atoms with Crippen LogP contribution in [0.25, 0.3) is 0 Å². The molecule has 0 amide bonds. The summed E-state index contributed by atoms with van der Waals surface area (Å²) in [7, 11) is -3.87. The van der Waals surface area contributed by atoms with Crippen LogP contribution in [-0.2, 0) is 22.9 Å². The fraction of sp³-hybridized carbons (Fsp3) is 0.435. The first-order valence-corrected chi connectivity index (χ1v) is 11.8. The number of benzene rings is 2. The number of hydrogen-bond donors (Lipinski definition) is 1. The monoisotopic (exact) mass is 413 g/mol. The van der Waals surface area contributed by atoms with E-state index in [0.717, 1.165) is 49.8 Å². The lowest BCUT2D eigenvalue weighted by molar-refractivity contribution is 0.101. The second-order valence-corrected chi connectivity index (χ2v) is 9.96. The highest BCUT2D eigenvalue weighted by molar-refractivity contribution is 7.92. The molecule has 4 rings (SSSR count). The Morgan fingerprint density at radius 1 is 1.14 bits per heavy atom. The number of nitrogens with zero attached hydrogens (tertiary/aromatic N) is 1. The maximum Gasteiger partial charge on any atom is 0.264 e. The van der Waals surface area contributed by atoms with Crippen LogP contribution in [0.5, 0.6) is 5.75 Å². The molecule has 2 aromatic carbocycles. The number of carbonyl (C=O) groups excluding carboxylic acids is 1. The molecule has 0 bridgehead atoms. The van der Waals surface area contributed by atoms with Crippen LogP contribution in [0.3, 0.4) is 0 Å². The summed E-state index contributed by atoms with van der Waals surface area (Å²) in [5.74, 6) is -0.187. The maximum atomic E-state index is 13.8. The number of phenols is 1. The summed E-state index contributed by atoms with van der Waals surface area (Å²) < 4.78 is 29.2. The van der Waals surface area contributed by atoms with Gasteiger partial charge in [-0.25, -0.2) is 8.42 Å². The largest absolute Gasteiger partial charge is 0.507 e.